The minimum atomic E-state index is 1.07. The van der Waals surface area contributed by atoms with E-state index in [1.54, 1.807) is 0 Å². The monoisotopic (exact) mass is 196 g/mol. The molecule has 0 atom stereocenters. The van der Waals surface area contributed by atoms with Crippen LogP contribution in [0.2, 0.25) is 0 Å². The van der Waals surface area contributed by atoms with Crippen molar-refractivity contribution < 1.29 is 0 Å². The summed E-state index contributed by atoms with van der Waals surface area (Å²) in [4.78, 5) is 4.65. The zero-order valence-electron chi connectivity index (χ0n) is 8.86. The Bertz CT molecular complexity index is 607. The maximum atomic E-state index is 4.65. The number of aryl methyl sites for hydroxylation is 2. The fraction of sp³-hybridized carbons (Fsp3) is 0.154. The lowest BCUT2D eigenvalue weighted by Gasteiger charge is -2.01. The highest BCUT2D eigenvalue weighted by Crippen LogP contribution is 2.31. The molecule has 0 aromatic heterocycles. The Labute approximate surface area is 88.5 Å². The van der Waals surface area contributed by atoms with Gasteiger partial charge >= 0.3 is 0 Å². The van der Waals surface area contributed by atoms with Gasteiger partial charge in [0.05, 0.1) is 11.2 Å². The van der Waals surface area contributed by atoms with Crippen LogP contribution in [0.3, 0.4) is 0 Å². The second-order valence-corrected chi connectivity index (χ2v) is 3.99. The Balaban J connectivity index is 2.51. The molecule has 0 fully saturated rings. The minimum absolute atomic E-state index is 1.07. The van der Waals surface area contributed by atoms with Gasteiger partial charge in [0, 0.05) is 30.4 Å². The summed E-state index contributed by atoms with van der Waals surface area (Å²) in [6, 6.07) is 8.46. The fourth-order valence-corrected chi connectivity index (χ4v) is 2.04. The molecule has 2 aliphatic rings. The first-order valence-electron chi connectivity index (χ1n) is 5.07. The van der Waals surface area contributed by atoms with Crippen LogP contribution in [-0.4, -0.2) is 9.55 Å². The van der Waals surface area contributed by atoms with Crippen molar-refractivity contribution in [3.05, 3.63) is 42.2 Å². The van der Waals surface area contributed by atoms with E-state index in [0.29, 0.717) is 0 Å². The molecule has 0 amide bonds. The summed E-state index contributed by atoms with van der Waals surface area (Å²) >= 11 is 0. The zero-order chi connectivity index (χ0) is 10.4. The van der Waals surface area contributed by atoms with Crippen LogP contribution in [0.5, 0.6) is 0 Å². The summed E-state index contributed by atoms with van der Waals surface area (Å²) in [5.74, 6) is 0. The van der Waals surface area contributed by atoms with Gasteiger partial charge in [0.15, 0.2) is 0 Å². The number of hydrogen-bond acceptors (Lipinski definition) is 1. The number of hydrogen-bond donors (Lipinski definition) is 0. The van der Waals surface area contributed by atoms with Crippen molar-refractivity contribution in [2.75, 3.05) is 0 Å². The number of para-hydroxylation sites is 1. The summed E-state index contributed by atoms with van der Waals surface area (Å²) in [5, 5.41) is 1.26. The molecule has 0 aliphatic carbocycles. The van der Waals surface area contributed by atoms with Crippen LogP contribution < -0.4 is 0 Å². The number of benzene rings is 1. The molecule has 0 saturated carbocycles. The third-order valence-electron chi connectivity index (χ3n) is 2.84. The molecule has 0 bridgehead atoms. The molecule has 0 radical (unpaired) electrons. The van der Waals surface area contributed by atoms with Crippen molar-refractivity contribution >= 4 is 10.9 Å². The van der Waals surface area contributed by atoms with Gasteiger partial charge in [-0.15, -0.1) is 0 Å². The third-order valence-corrected chi connectivity index (χ3v) is 2.84. The molecule has 0 spiro atoms. The number of rotatable bonds is 0. The molecule has 0 unspecified atom stereocenters. The van der Waals surface area contributed by atoms with Crippen LogP contribution >= 0.6 is 0 Å². The van der Waals surface area contributed by atoms with E-state index < -0.39 is 0 Å². The summed E-state index contributed by atoms with van der Waals surface area (Å²) in [7, 11) is 2.02. The van der Waals surface area contributed by atoms with Gasteiger partial charge in [-0.3, -0.25) is 0 Å². The van der Waals surface area contributed by atoms with Crippen LogP contribution in [0.25, 0.3) is 22.2 Å². The number of fused-ring (bicyclic) bond motifs is 3. The van der Waals surface area contributed by atoms with Crippen molar-refractivity contribution in [2.24, 2.45) is 7.05 Å². The third kappa shape index (κ3) is 1.14. The summed E-state index contributed by atoms with van der Waals surface area (Å²) in [5.41, 5.74) is 4.68. The summed E-state index contributed by atoms with van der Waals surface area (Å²) in [6.45, 7) is 2.11. The summed E-state index contributed by atoms with van der Waals surface area (Å²) < 4.78 is 2.03. The first-order chi connectivity index (χ1) is 7.25. The van der Waals surface area contributed by atoms with Gasteiger partial charge in [-0.05, 0) is 18.6 Å². The first-order valence-corrected chi connectivity index (χ1v) is 5.07. The van der Waals surface area contributed by atoms with Crippen LogP contribution in [0.1, 0.15) is 5.56 Å². The number of aromatic nitrogens is 2. The Morgan fingerprint density at radius 1 is 1.20 bits per heavy atom. The molecule has 3 rings (SSSR count). The van der Waals surface area contributed by atoms with Gasteiger partial charge in [-0.1, -0.05) is 18.2 Å². The van der Waals surface area contributed by atoms with Crippen LogP contribution in [0, 0.1) is 6.92 Å². The largest absolute Gasteiger partial charge is 0.355 e. The molecule has 2 heteroatoms. The van der Waals surface area contributed by atoms with Gasteiger partial charge in [0.25, 0.3) is 0 Å². The predicted octanol–water partition coefficient (Wildman–Crippen LogP) is 2.99. The second kappa shape index (κ2) is 2.83. The highest BCUT2D eigenvalue weighted by molar-refractivity contribution is 5.98. The van der Waals surface area contributed by atoms with Gasteiger partial charge in [0.2, 0.25) is 0 Å². The predicted molar refractivity (Wildman–Crippen MR) is 62.1 cm³/mol. The van der Waals surface area contributed by atoms with Gasteiger partial charge < -0.3 is 4.57 Å². The molecule has 1 aromatic rings. The minimum Gasteiger partial charge on any atom is -0.355 e. The smallest absolute Gasteiger partial charge is 0.0878 e. The van der Waals surface area contributed by atoms with Gasteiger partial charge in [0.1, 0.15) is 0 Å². The Morgan fingerprint density at radius 2 is 2.07 bits per heavy atom. The highest BCUT2D eigenvalue weighted by Gasteiger charge is 2.11. The van der Waals surface area contributed by atoms with Crippen molar-refractivity contribution in [1.82, 2.24) is 9.55 Å². The maximum absolute atomic E-state index is 4.65. The van der Waals surface area contributed by atoms with E-state index in [2.05, 4.69) is 48.6 Å². The van der Waals surface area contributed by atoms with Crippen molar-refractivity contribution in [3.63, 3.8) is 0 Å². The van der Waals surface area contributed by atoms with E-state index in [-0.39, 0.29) is 0 Å². The number of pyridine rings is 1. The Kier molecular flexibility index (Phi) is 1.60. The lowest BCUT2D eigenvalue weighted by molar-refractivity contribution is 0.902. The molecule has 0 N–H and O–H groups in total. The average molecular weight is 196 g/mol. The van der Waals surface area contributed by atoms with Gasteiger partial charge in [-0.2, -0.15) is 0 Å². The van der Waals surface area contributed by atoms with Crippen molar-refractivity contribution in [2.45, 2.75) is 6.92 Å². The number of nitrogens with zero attached hydrogens (tertiary/aromatic N) is 2. The molecular formula is C13H12N2. The molecule has 74 valence electrons. The van der Waals surface area contributed by atoms with Gasteiger partial charge in [-0.25, -0.2) is 4.98 Å². The highest BCUT2D eigenvalue weighted by atomic mass is 14.9. The Morgan fingerprint density at radius 3 is 2.93 bits per heavy atom. The van der Waals surface area contributed by atoms with E-state index in [4.69, 9.17) is 0 Å². The maximum Gasteiger partial charge on any atom is 0.0878 e. The Hall–Kier alpha value is -1.83. The van der Waals surface area contributed by atoms with E-state index in [1.165, 1.54) is 16.5 Å². The molecule has 1 aromatic carbocycles. The van der Waals surface area contributed by atoms with Crippen LogP contribution in [0.15, 0.2) is 36.7 Å². The normalized spacial score (nSPS) is 11.3. The van der Waals surface area contributed by atoms with Crippen LogP contribution in [0.4, 0.5) is 0 Å². The van der Waals surface area contributed by atoms with E-state index in [1.807, 2.05) is 11.6 Å². The molecule has 0 saturated heterocycles. The average Bonchev–Trinajstić information content (AvgIpc) is 2.57. The summed E-state index contributed by atoms with van der Waals surface area (Å²) in [6.07, 6.45) is 4.13. The topological polar surface area (TPSA) is 17.8 Å². The molecule has 15 heavy (non-hydrogen) atoms. The molecule has 2 nitrogen and oxygen atoms in total. The van der Waals surface area contributed by atoms with Crippen molar-refractivity contribution in [3.8, 4) is 11.3 Å². The lowest BCUT2D eigenvalue weighted by atomic mass is 10.1. The molecule has 2 heterocycles. The first kappa shape index (κ1) is 8.48. The van der Waals surface area contributed by atoms with E-state index >= 15 is 0 Å². The van der Waals surface area contributed by atoms with E-state index in [0.717, 1.165) is 11.2 Å². The standard InChI is InChI=1S/C13H12N2/c1-9-4-3-5-11-10-6-7-15(2)8-12(10)14-13(9)11/h3-8H,1-2H3. The molecule has 2 aliphatic heterocycles. The fourth-order valence-electron chi connectivity index (χ4n) is 2.04. The lowest BCUT2D eigenvalue weighted by Crippen LogP contribution is -1.89. The van der Waals surface area contributed by atoms with Crippen LogP contribution in [-0.2, 0) is 7.05 Å². The zero-order valence-corrected chi connectivity index (χ0v) is 8.86. The quantitative estimate of drug-likeness (QED) is 0.540. The van der Waals surface area contributed by atoms with E-state index in [9.17, 15) is 0 Å². The SMILES string of the molecule is Cc1cccc2c3ccn(C)cc-3nc12. The molecular weight excluding hydrogens is 184 g/mol. The second-order valence-electron chi connectivity index (χ2n) is 3.99. The van der Waals surface area contributed by atoms with Crippen molar-refractivity contribution in [1.29, 1.82) is 0 Å².